The number of aliphatic hydroxyl groups excluding tert-OH is 3. The number of aromatic nitrogens is 1. The molecule has 0 spiro atoms. The number of fused-ring (bicyclic) bond motifs is 1. The van der Waals surface area contributed by atoms with Gasteiger partial charge in [-0.05, 0) is 107 Å². The van der Waals surface area contributed by atoms with Crippen molar-refractivity contribution in [1.82, 2.24) is 74.1 Å². The lowest BCUT2D eigenvalue weighted by Crippen LogP contribution is -2.63. The van der Waals surface area contributed by atoms with Crippen LogP contribution in [0.3, 0.4) is 0 Å². The highest BCUT2D eigenvalue weighted by molar-refractivity contribution is 7.80. The van der Waals surface area contributed by atoms with Crippen molar-refractivity contribution < 1.29 is 87.5 Å². The highest BCUT2D eigenvalue weighted by Crippen LogP contribution is 2.21. The third kappa shape index (κ3) is 30.8. The van der Waals surface area contributed by atoms with E-state index in [0.717, 1.165) is 13.8 Å². The first-order chi connectivity index (χ1) is 54.3. The maximum Gasteiger partial charge on any atom is 0.327 e. The Labute approximate surface area is 671 Å². The van der Waals surface area contributed by atoms with Gasteiger partial charge in [0.25, 0.3) is 0 Å². The number of rotatable bonds is 49. The number of hydrogen-bond acceptors (Lipinski definition) is 22. The summed E-state index contributed by atoms with van der Waals surface area (Å²) in [6, 6.07) is 12.5. The molecule has 37 heteroatoms. The van der Waals surface area contributed by atoms with Gasteiger partial charge in [0.2, 0.25) is 76.8 Å². The normalized spacial score (nSPS) is 15.2. The predicted octanol–water partition coefficient (Wildman–Crippen LogP) is -3.67. The van der Waals surface area contributed by atoms with E-state index in [9.17, 15) is 73.2 Å². The van der Waals surface area contributed by atoms with E-state index >= 15 is 14.4 Å². The molecule has 13 amide bonds. The number of nitrogens with one attached hydrogen (secondary N) is 14. The van der Waals surface area contributed by atoms with Crippen LogP contribution in [0.4, 0.5) is 0 Å². The molecule has 35 nitrogen and oxygen atoms in total. The highest BCUT2D eigenvalue weighted by Gasteiger charge is 2.39. The molecule has 0 saturated carbocycles. The zero-order valence-corrected chi connectivity index (χ0v) is 66.0. The molecule has 0 saturated heterocycles. The third-order valence-electron chi connectivity index (χ3n) is 18.4. The minimum Gasteiger partial charge on any atom is -0.480 e. The van der Waals surface area contributed by atoms with Gasteiger partial charge in [-0.2, -0.15) is 25.3 Å². The van der Waals surface area contributed by atoms with Gasteiger partial charge in [-0.25, -0.2) is 4.79 Å². The van der Waals surface area contributed by atoms with Gasteiger partial charge in [0, 0.05) is 54.3 Å². The largest absolute Gasteiger partial charge is 0.480 e. The Hall–Kier alpha value is -10.5. The fourth-order valence-corrected chi connectivity index (χ4v) is 12.2. The molecule has 1 aromatic heterocycles. The number of nitrogens with two attached hydrogens (primary N) is 3. The number of carboxylic acid groups (broad SMARTS) is 1. The molecule has 0 radical (unpaired) electrons. The summed E-state index contributed by atoms with van der Waals surface area (Å²) in [4.78, 5) is 198. The fourth-order valence-electron chi connectivity index (χ4n) is 11.7. The van der Waals surface area contributed by atoms with Gasteiger partial charge >= 0.3 is 5.97 Å². The van der Waals surface area contributed by atoms with Crippen molar-refractivity contribution in [3.8, 4) is 0 Å². The molecule has 0 fully saturated rings. The van der Waals surface area contributed by atoms with Gasteiger partial charge in [0.1, 0.15) is 72.5 Å². The van der Waals surface area contributed by atoms with Crippen LogP contribution in [0.1, 0.15) is 95.4 Å². The second kappa shape index (κ2) is 48.5. The van der Waals surface area contributed by atoms with Crippen LogP contribution in [-0.2, 0) is 92.8 Å². The minimum absolute atomic E-state index is 0.0361. The number of aliphatic hydroxyl groups is 3. The van der Waals surface area contributed by atoms with Crippen molar-refractivity contribution in [2.24, 2.45) is 23.1 Å². The first-order valence-corrected chi connectivity index (χ1v) is 38.7. The first-order valence-electron chi connectivity index (χ1n) is 37.5. The smallest absolute Gasteiger partial charge is 0.327 e. The molecule has 0 unspecified atom stereocenters. The number of H-pyrrole nitrogens is 1. The van der Waals surface area contributed by atoms with Crippen molar-refractivity contribution >= 4 is 119 Å². The quantitative estimate of drug-likeness (QED) is 0.0132. The molecular formula is C77H109N17O18S2. The van der Waals surface area contributed by atoms with Gasteiger partial charge in [-0.15, -0.1) is 0 Å². The Morgan fingerprint density at radius 1 is 0.404 bits per heavy atom. The van der Waals surface area contributed by atoms with Gasteiger partial charge < -0.3 is 112 Å². The molecule has 4 aromatic carbocycles. The first kappa shape index (κ1) is 94.1. The maximum atomic E-state index is 15.3. The molecule has 0 aliphatic carbocycles. The molecule has 24 N–H and O–H groups in total. The number of carbonyl (C=O) groups is 14. The summed E-state index contributed by atoms with van der Waals surface area (Å²) in [5.74, 6) is -14.5. The van der Waals surface area contributed by atoms with Crippen LogP contribution in [0.5, 0.6) is 0 Å². The van der Waals surface area contributed by atoms with Crippen LogP contribution in [0.2, 0.25) is 0 Å². The van der Waals surface area contributed by atoms with Crippen LogP contribution in [-0.4, -0.2) is 237 Å². The molecule has 15 atom stereocenters. The van der Waals surface area contributed by atoms with Crippen LogP contribution in [0.15, 0.2) is 121 Å². The average Bonchev–Trinajstić information content (AvgIpc) is 1.78. The van der Waals surface area contributed by atoms with Crippen LogP contribution >= 0.6 is 25.3 Å². The number of carbonyl (C=O) groups excluding carboxylic acids is 13. The van der Waals surface area contributed by atoms with E-state index in [0.29, 0.717) is 52.4 Å². The Morgan fingerprint density at radius 3 is 1.18 bits per heavy atom. The molecule has 622 valence electrons. The Morgan fingerprint density at radius 2 is 0.763 bits per heavy atom. The van der Waals surface area contributed by atoms with Gasteiger partial charge in [-0.3, -0.25) is 62.3 Å². The number of benzene rings is 4. The molecule has 0 aliphatic heterocycles. The van der Waals surface area contributed by atoms with E-state index in [-0.39, 0.29) is 75.5 Å². The SMILES string of the molecule is CC(C)[C@@H](N)C(=O)NCC(=O)N[C@@H](CS)C(=O)N[C@@H](CCCCN)C(=O)N[C@@H](C)C(=O)N[C@H](Cc1ccccc1)C(=O)N[C@@H](Cc1ccccc1)C(=O)N[C@H](Cc1c[nH]c2ccccc12)C(=O)N[C@@H](CCCCN)C(=O)N[C@H](C(=O)N[C@H](Cc1ccccc1)C(=O)N[C@H](C(=O)N[C@@H](CO)C(=O)N[C@@H](CS)C(=O)O)[C@@H](C)O)[C@@H](C)O. The second-order valence-corrected chi connectivity index (χ2v) is 28.6. The van der Waals surface area contributed by atoms with E-state index in [1.165, 1.54) is 6.92 Å². The summed E-state index contributed by atoms with van der Waals surface area (Å²) in [5.41, 5.74) is 20.3. The van der Waals surface area contributed by atoms with Crippen LogP contribution < -0.4 is 86.3 Å². The van der Waals surface area contributed by atoms with Gasteiger partial charge in [0.15, 0.2) is 0 Å². The van der Waals surface area contributed by atoms with Crippen LogP contribution in [0, 0.1) is 5.92 Å². The fraction of sp³-hybridized carbons (Fsp3) is 0.481. The van der Waals surface area contributed by atoms with Gasteiger partial charge in [0.05, 0.1) is 31.4 Å². The van der Waals surface area contributed by atoms with E-state index in [1.54, 1.807) is 135 Å². The highest BCUT2D eigenvalue weighted by atomic mass is 32.1. The molecule has 0 aliphatic rings. The number of thiol groups is 2. The predicted molar refractivity (Wildman–Crippen MR) is 429 cm³/mol. The lowest BCUT2D eigenvalue weighted by atomic mass is 10.00. The zero-order valence-electron chi connectivity index (χ0n) is 64.2. The van der Waals surface area contributed by atoms with Crippen molar-refractivity contribution in [1.29, 1.82) is 0 Å². The lowest BCUT2D eigenvalue weighted by Gasteiger charge is -2.29. The molecule has 5 rings (SSSR count). The summed E-state index contributed by atoms with van der Waals surface area (Å²) in [5, 5.41) is 75.0. The minimum atomic E-state index is -1.89. The number of hydrogen-bond donors (Lipinski definition) is 23. The number of aromatic amines is 1. The second-order valence-electron chi connectivity index (χ2n) is 27.9. The monoisotopic (exact) mass is 1620 g/mol. The number of aliphatic carboxylic acids is 1. The molecule has 5 aromatic rings. The van der Waals surface area contributed by atoms with E-state index in [4.69, 9.17) is 17.2 Å². The van der Waals surface area contributed by atoms with E-state index < -0.39 is 187 Å². The molecule has 114 heavy (non-hydrogen) atoms. The topological polar surface area (TPSA) is 570 Å². The standard InChI is InChI=1S/C77H109N17O18S2/c1-42(2)62(80)74(108)82-38-61(98)84-59(40-113)73(107)86-52(29-17-19-31-78)66(100)83-43(3)65(99)87-54(33-46-21-9-6-10-22-46)68(102)88-55(34-47-23-11-7-12-24-47)69(103)89-57(36-49-37-81-51-28-16-15-27-50(49)51)70(104)85-53(30-18-20-32-79)67(101)93-63(44(4)96)75(109)90-56(35-48-25-13-8-14-26-48)71(105)94-64(45(5)97)76(110)91-58(39-95)72(106)92-60(41-114)77(111)112/h6-16,21-28,37,42-45,52-60,62-64,81,95-97,113-114H,17-20,29-36,38-41,78-80H2,1-5H3,(H,82,108)(H,83,100)(H,84,98)(H,85,104)(H,86,107)(H,87,99)(H,88,102)(H,89,103)(H,90,109)(H,91,110)(H,92,106)(H,93,101)(H,94,105)(H,111,112)/t43-,44+,45+,52-,53-,54+,55-,56+,57+,58-,59-,60-,62+,63-,64-/m0/s1. The van der Waals surface area contributed by atoms with E-state index in [2.05, 4.69) is 99.4 Å². The van der Waals surface area contributed by atoms with Crippen LogP contribution in [0.25, 0.3) is 10.9 Å². The van der Waals surface area contributed by atoms with E-state index in [1.807, 2.05) is 0 Å². The molecular weight excluding hydrogens is 1520 g/mol. The summed E-state index contributed by atoms with van der Waals surface area (Å²) in [7, 11) is 0. The Kier molecular flexibility index (Phi) is 40.0. The Balaban J connectivity index is 1.43. The molecule has 1 heterocycles. The van der Waals surface area contributed by atoms with Crippen molar-refractivity contribution in [2.45, 2.75) is 190 Å². The molecule has 0 bridgehead atoms. The number of carboxylic acids is 1. The summed E-state index contributed by atoms with van der Waals surface area (Å²) < 4.78 is 0. The van der Waals surface area contributed by atoms with Gasteiger partial charge in [-0.1, -0.05) is 123 Å². The number of unbranched alkanes of at least 4 members (excludes halogenated alkanes) is 2. The maximum absolute atomic E-state index is 15.3. The van der Waals surface area contributed by atoms with Crippen molar-refractivity contribution in [3.63, 3.8) is 0 Å². The summed E-state index contributed by atoms with van der Waals surface area (Å²) >= 11 is 8.13. The number of amides is 13. The third-order valence-corrected chi connectivity index (χ3v) is 19.1. The Bertz CT molecular complexity index is 4020. The number of para-hydroxylation sites is 1. The van der Waals surface area contributed by atoms with Crippen molar-refractivity contribution in [3.05, 3.63) is 144 Å². The zero-order chi connectivity index (χ0) is 84.1. The average molecular weight is 1620 g/mol. The summed E-state index contributed by atoms with van der Waals surface area (Å²) in [6.45, 7) is 5.90. The summed E-state index contributed by atoms with van der Waals surface area (Å²) in [6.07, 6.45) is -1.52. The van der Waals surface area contributed by atoms with Crippen molar-refractivity contribution in [2.75, 3.05) is 37.7 Å². The lowest BCUT2D eigenvalue weighted by molar-refractivity contribution is -0.142.